The Kier molecular flexibility index (Phi) is 3.86. The average Bonchev–Trinajstić information content (AvgIpc) is 2.96. The van der Waals surface area contributed by atoms with Crippen LogP contribution in [0.4, 0.5) is 0 Å². The van der Waals surface area contributed by atoms with E-state index in [0.29, 0.717) is 12.0 Å². The van der Waals surface area contributed by atoms with E-state index in [-0.39, 0.29) is 0 Å². The van der Waals surface area contributed by atoms with Crippen LogP contribution in [0.15, 0.2) is 0 Å². The maximum atomic E-state index is 9.19. The SMILES string of the molecule is CC(C)CCN(C1CC1)C1CCCC1C#N. The van der Waals surface area contributed by atoms with Gasteiger partial charge in [0.1, 0.15) is 0 Å². The molecule has 0 aliphatic heterocycles. The number of hydrogen-bond donors (Lipinski definition) is 0. The van der Waals surface area contributed by atoms with E-state index in [1.165, 1.54) is 38.6 Å². The van der Waals surface area contributed by atoms with Crippen LogP contribution >= 0.6 is 0 Å². The molecule has 0 spiro atoms. The second kappa shape index (κ2) is 5.19. The quantitative estimate of drug-likeness (QED) is 0.711. The fourth-order valence-corrected chi connectivity index (χ4v) is 2.92. The van der Waals surface area contributed by atoms with Crippen molar-refractivity contribution in [1.82, 2.24) is 4.90 Å². The van der Waals surface area contributed by atoms with E-state index in [0.717, 1.165) is 18.4 Å². The number of nitrogens with zero attached hydrogens (tertiary/aromatic N) is 2. The van der Waals surface area contributed by atoms with Gasteiger partial charge in [0.25, 0.3) is 0 Å². The van der Waals surface area contributed by atoms with Crippen molar-refractivity contribution in [3.63, 3.8) is 0 Å². The third-order valence-corrected chi connectivity index (χ3v) is 4.05. The zero-order chi connectivity index (χ0) is 11.5. The highest BCUT2D eigenvalue weighted by molar-refractivity contribution is 5.01. The van der Waals surface area contributed by atoms with Crippen LogP contribution in [0.25, 0.3) is 0 Å². The lowest BCUT2D eigenvalue weighted by Crippen LogP contribution is -2.40. The van der Waals surface area contributed by atoms with Crippen molar-refractivity contribution in [2.75, 3.05) is 6.54 Å². The first-order chi connectivity index (χ1) is 7.72. The molecule has 2 rings (SSSR count). The van der Waals surface area contributed by atoms with Crippen molar-refractivity contribution >= 4 is 0 Å². The van der Waals surface area contributed by atoms with Gasteiger partial charge in [-0.1, -0.05) is 20.3 Å². The fraction of sp³-hybridized carbons (Fsp3) is 0.929. The van der Waals surface area contributed by atoms with Gasteiger partial charge in [-0.2, -0.15) is 5.26 Å². The molecule has 2 nitrogen and oxygen atoms in total. The summed E-state index contributed by atoms with van der Waals surface area (Å²) in [4.78, 5) is 2.67. The highest BCUT2D eigenvalue weighted by atomic mass is 15.2. The first-order valence-corrected chi connectivity index (χ1v) is 6.87. The van der Waals surface area contributed by atoms with Gasteiger partial charge in [0, 0.05) is 12.1 Å². The molecule has 0 saturated heterocycles. The second-order valence-corrected chi connectivity index (χ2v) is 5.89. The summed E-state index contributed by atoms with van der Waals surface area (Å²) in [6.07, 6.45) is 7.66. The largest absolute Gasteiger partial charge is 0.296 e. The predicted octanol–water partition coefficient (Wildman–Crippen LogP) is 3.19. The summed E-state index contributed by atoms with van der Waals surface area (Å²) in [6.45, 7) is 5.80. The molecular formula is C14H24N2. The van der Waals surface area contributed by atoms with Gasteiger partial charge in [-0.3, -0.25) is 4.90 Å². The Bertz CT molecular complexity index is 262. The molecule has 0 radical (unpaired) electrons. The number of nitriles is 1. The molecular weight excluding hydrogens is 196 g/mol. The smallest absolute Gasteiger partial charge is 0.0672 e. The lowest BCUT2D eigenvalue weighted by molar-refractivity contribution is 0.159. The second-order valence-electron chi connectivity index (χ2n) is 5.89. The molecule has 2 saturated carbocycles. The summed E-state index contributed by atoms with van der Waals surface area (Å²) in [7, 11) is 0. The Morgan fingerprint density at radius 2 is 2.00 bits per heavy atom. The number of rotatable bonds is 5. The molecule has 16 heavy (non-hydrogen) atoms. The molecule has 0 aromatic rings. The first-order valence-electron chi connectivity index (χ1n) is 6.87. The van der Waals surface area contributed by atoms with Gasteiger partial charge >= 0.3 is 0 Å². The van der Waals surface area contributed by atoms with E-state index in [1.807, 2.05) is 0 Å². The van der Waals surface area contributed by atoms with Gasteiger partial charge < -0.3 is 0 Å². The topological polar surface area (TPSA) is 27.0 Å². The van der Waals surface area contributed by atoms with Crippen molar-refractivity contribution in [1.29, 1.82) is 5.26 Å². The Morgan fingerprint density at radius 3 is 2.56 bits per heavy atom. The van der Waals surface area contributed by atoms with Gasteiger partial charge in [-0.05, 0) is 44.6 Å². The predicted molar refractivity (Wildman–Crippen MR) is 65.9 cm³/mol. The first kappa shape index (κ1) is 11.9. The van der Waals surface area contributed by atoms with E-state index < -0.39 is 0 Å². The maximum Gasteiger partial charge on any atom is 0.0672 e. The molecule has 0 aromatic heterocycles. The molecule has 2 unspecified atom stereocenters. The Balaban J connectivity index is 1.93. The molecule has 2 aliphatic carbocycles. The van der Waals surface area contributed by atoms with Crippen LogP contribution < -0.4 is 0 Å². The summed E-state index contributed by atoms with van der Waals surface area (Å²) >= 11 is 0. The summed E-state index contributed by atoms with van der Waals surface area (Å²) in [6, 6.07) is 3.92. The normalized spacial score (nSPS) is 29.9. The van der Waals surface area contributed by atoms with E-state index in [2.05, 4.69) is 24.8 Å². The lowest BCUT2D eigenvalue weighted by atomic mass is 10.0. The van der Waals surface area contributed by atoms with E-state index in [9.17, 15) is 5.26 Å². The third-order valence-electron chi connectivity index (χ3n) is 4.05. The highest BCUT2D eigenvalue weighted by Crippen LogP contribution is 2.37. The zero-order valence-corrected chi connectivity index (χ0v) is 10.7. The molecule has 2 atom stereocenters. The molecule has 0 N–H and O–H groups in total. The molecule has 0 bridgehead atoms. The minimum Gasteiger partial charge on any atom is -0.296 e. The van der Waals surface area contributed by atoms with Crippen LogP contribution in [0.3, 0.4) is 0 Å². The van der Waals surface area contributed by atoms with Gasteiger partial charge in [0.15, 0.2) is 0 Å². The van der Waals surface area contributed by atoms with Crippen LogP contribution in [-0.4, -0.2) is 23.5 Å². The van der Waals surface area contributed by atoms with Crippen LogP contribution in [-0.2, 0) is 0 Å². The Morgan fingerprint density at radius 1 is 1.25 bits per heavy atom. The van der Waals surface area contributed by atoms with Gasteiger partial charge in [-0.25, -0.2) is 0 Å². The third kappa shape index (κ3) is 2.77. The summed E-state index contributed by atoms with van der Waals surface area (Å²) < 4.78 is 0. The van der Waals surface area contributed by atoms with Gasteiger partial charge in [0.2, 0.25) is 0 Å². The van der Waals surface area contributed by atoms with Gasteiger partial charge in [-0.15, -0.1) is 0 Å². The summed E-state index contributed by atoms with van der Waals surface area (Å²) in [5.41, 5.74) is 0. The number of hydrogen-bond acceptors (Lipinski definition) is 2. The molecule has 2 fully saturated rings. The van der Waals surface area contributed by atoms with E-state index >= 15 is 0 Å². The van der Waals surface area contributed by atoms with Crippen LogP contribution in [0, 0.1) is 23.2 Å². The van der Waals surface area contributed by atoms with Crippen LogP contribution in [0.5, 0.6) is 0 Å². The van der Waals surface area contributed by atoms with Crippen molar-refractivity contribution in [3.8, 4) is 6.07 Å². The van der Waals surface area contributed by atoms with Crippen molar-refractivity contribution in [3.05, 3.63) is 0 Å². The van der Waals surface area contributed by atoms with Crippen LogP contribution in [0.2, 0.25) is 0 Å². The molecule has 0 amide bonds. The fourth-order valence-electron chi connectivity index (χ4n) is 2.92. The zero-order valence-electron chi connectivity index (χ0n) is 10.7. The Labute approximate surface area is 99.6 Å². The van der Waals surface area contributed by atoms with Gasteiger partial charge in [0.05, 0.1) is 12.0 Å². The average molecular weight is 220 g/mol. The maximum absolute atomic E-state index is 9.19. The minimum absolute atomic E-state index is 0.313. The molecule has 90 valence electrons. The minimum atomic E-state index is 0.313. The molecule has 0 heterocycles. The monoisotopic (exact) mass is 220 g/mol. The standard InChI is InChI=1S/C14H24N2/c1-11(2)8-9-16(13-6-7-13)14-5-3-4-12(14)10-15/h11-14H,3-9H2,1-2H3. The summed E-state index contributed by atoms with van der Waals surface area (Å²) in [5, 5.41) is 9.19. The van der Waals surface area contributed by atoms with Crippen molar-refractivity contribution < 1.29 is 0 Å². The summed E-state index contributed by atoms with van der Waals surface area (Å²) in [5.74, 6) is 1.09. The van der Waals surface area contributed by atoms with Crippen LogP contribution in [0.1, 0.15) is 52.4 Å². The molecule has 0 aromatic carbocycles. The highest BCUT2D eigenvalue weighted by Gasteiger charge is 2.39. The van der Waals surface area contributed by atoms with E-state index in [4.69, 9.17) is 0 Å². The Hall–Kier alpha value is -0.550. The molecule has 2 aliphatic rings. The van der Waals surface area contributed by atoms with Crippen molar-refractivity contribution in [2.24, 2.45) is 11.8 Å². The lowest BCUT2D eigenvalue weighted by Gasteiger charge is -2.31. The van der Waals surface area contributed by atoms with E-state index in [1.54, 1.807) is 0 Å². The molecule has 2 heteroatoms. The van der Waals surface area contributed by atoms with Crippen molar-refractivity contribution in [2.45, 2.75) is 64.5 Å².